The van der Waals surface area contributed by atoms with Gasteiger partial charge in [0.05, 0.1) is 5.69 Å². The smallest absolute Gasteiger partial charge is 0.216 e. The Morgan fingerprint density at radius 3 is 2.80 bits per heavy atom. The van der Waals surface area contributed by atoms with Crippen molar-refractivity contribution in [3.8, 4) is 0 Å². The molecule has 0 bridgehead atoms. The van der Waals surface area contributed by atoms with E-state index < -0.39 is 0 Å². The Balaban J connectivity index is 2.41. The number of hydrogen-bond donors (Lipinski definition) is 1. The fraction of sp³-hybridized carbons (Fsp3) is 0.455. The van der Waals surface area contributed by atoms with E-state index in [-0.39, 0.29) is 5.91 Å². The Morgan fingerprint density at radius 1 is 1.53 bits per heavy atom. The van der Waals surface area contributed by atoms with E-state index in [4.69, 9.17) is 4.52 Å². The molecule has 0 aliphatic rings. The zero-order chi connectivity index (χ0) is 11.3. The molecule has 0 saturated carbocycles. The summed E-state index contributed by atoms with van der Waals surface area (Å²) >= 11 is 0. The van der Waals surface area contributed by atoms with Gasteiger partial charge in [0, 0.05) is 19.0 Å². The maximum atomic E-state index is 10.6. The molecule has 0 radical (unpaired) electrons. The van der Waals surface area contributed by atoms with Crippen molar-refractivity contribution >= 4 is 12.0 Å². The highest BCUT2D eigenvalue weighted by Gasteiger charge is 2.03. The number of nitrogens with zero attached hydrogens (tertiary/aromatic N) is 1. The molecule has 15 heavy (non-hydrogen) atoms. The maximum Gasteiger partial charge on any atom is 0.216 e. The lowest BCUT2D eigenvalue weighted by atomic mass is 10.2. The molecule has 4 heteroatoms. The largest absolute Gasteiger partial charge is 0.361 e. The van der Waals surface area contributed by atoms with Crippen LogP contribution in [0.5, 0.6) is 0 Å². The van der Waals surface area contributed by atoms with Crippen molar-refractivity contribution in [1.82, 2.24) is 10.5 Å². The number of nitrogens with one attached hydrogen (secondary N) is 1. The van der Waals surface area contributed by atoms with Gasteiger partial charge in [-0.25, -0.2) is 0 Å². The topological polar surface area (TPSA) is 55.1 Å². The van der Waals surface area contributed by atoms with E-state index in [9.17, 15) is 4.79 Å². The molecule has 0 aliphatic carbocycles. The zero-order valence-corrected chi connectivity index (χ0v) is 9.33. The van der Waals surface area contributed by atoms with E-state index in [1.807, 2.05) is 26.0 Å². The summed E-state index contributed by atoms with van der Waals surface area (Å²) in [6.07, 6.45) is 4.79. The van der Waals surface area contributed by atoms with E-state index in [0.29, 0.717) is 6.54 Å². The van der Waals surface area contributed by atoms with E-state index in [2.05, 4.69) is 10.5 Å². The molecular weight excluding hydrogens is 192 g/mol. The third-order valence-electron chi connectivity index (χ3n) is 2.06. The molecule has 0 aromatic carbocycles. The molecule has 0 saturated heterocycles. The molecule has 1 rings (SSSR count). The molecule has 1 heterocycles. The molecule has 1 amide bonds. The van der Waals surface area contributed by atoms with Gasteiger partial charge in [0.2, 0.25) is 5.91 Å². The molecule has 0 atom stereocenters. The Kier molecular flexibility index (Phi) is 4.09. The van der Waals surface area contributed by atoms with E-state index in [1.165, 1.54) is 6.92 Å². The van der Waals surface area contributed by atoms with Crippen LogP contribution in [0, 0.1) is 13.8 Å². The summed E-state index contributed by atoms with van der Waals surface area (Å²) in [6, 6.07) is 0. The van der Waals surface area contributed by atoms with Crippen LogP contribution >= 0.6 is 0 Å². The quantitative estimate of drug-likeness (QED) is 0.768. The van der Waals surface area contributed by atoms with Crippen LogP contribution in [0.4, 0.5) is 0 Å². The Morgan fingerprint density at radius 2 is 2.27 bits per heavy atom. The van der Waals surface area contributed by atoms with Crippen molar-refractivity contribution in [3.63, 3.8) is 0 Å². The highest BCUT2D eigenvalue weighted by atomic mass is 16.5. The molecule has 0 fully saturated rings. The summed E-state index contributed by atoms with van der Waals surface area (Å²) in [7, 11) is 0. The minimum absolute atomic E-state index is 0.000684. The van der Waals surface area contributed by atoms with Crippen molar-refractivity contribution in [1.29, 1.82) is 0 Å². The second kappa shape index (κ2) is 5.34. The van der Waals surface area contributed by atoms with Crippen LogP contribution in [0.25, 0.3) is 6.08 Å². The summed E-state index contributed by atoms with van der Waals surface area (Å²) in [4.78, 5) is 10.6. The first-order valence-electron chi connectivity index (χ1n) is 4.95. The van der Waals surface area contributed by atoms with Gasteiger partial charge in [-0.2, -0.15) is 0 Å². The molecular formula is C11H16N2O2. The van der Waals surface area contributed by atoms with Crippen LogP contribution in [-0.4, -0.2) is 17.6 Å². The number of aromatic nitrogens is 1. The predicted molar refractivity (Wildman–Crippen MR) is 58.3 cm³/mol. The van der Waals surface area contributed by atoms with E-state index >= 15 is 0 Å². The van der Waals surface area contributed by atoms with Crippen LogP contribution in [0.3, 0.4) is 0 Å². The lowest BCUT2D eigenvalue weighted by molar-refractivity contribution is -0.118. The summed E-state index contributed by atoms with van der Waals surface area (Å²) in [5.41, 5.74) is 1.92. The van der Waals surface area contributed by atoms with Crippen molar-refractivity contribution in [3.05, 3.63) is 23.1 Å². The maximum absolute atomic E-state index is 10.6. The van der Waals surface area contributed by atoms with Gasteiger partial charge in [-0.3, -0.25) is 4.79 Å². The number of amides is 1. The molecule has 0 aliphatic heterocycles. The Hall–Kier alpha value is -1.58. The van der Waals surface area contributed by atoms with Gasteiger partial charge >= 0.3 is 0 Å². The number of aryl methyl sites for hydroxylation is 2. The lowest BCUT2D eigenvalue weighted by Gasteiger charge is -1.96. The third kappa shape index (κ3) is 3.58. The first-order chi connectivity index (χ1) is 7.11. The number of rotatable bonds is 4. The van der Waals surface area contributed by atoms with Gasteiger partial charge in [-0.1, -0.05) is 17.3 Å². The normalized spacial score (nSPS) is 10.9. The third-order valence-corrected chi connectivity index (χ3v) is 2.06. The molecule has 1 N–H and O–H groups in total. The first-order valence-corrected chi connectivity index (χ1v) is 4.95. The molecule has 0 unspecified atom stereocenters. The first kappa shape index (κ1) is 11.5. The SMILES string of the molecule is CC(=O)NCCC=Cc1c(C)noc1C. The number of carbonyl (C=O) groups excluding carboxylic acids is 1. The molecule has 4 nitrogen and oxygen atoms in total. The van der Waals surface area contributed by atoms with Crippen molar-refractivity contribution in [2.24, 2.45) is 0 Å². The second-order valence-electron chi connectivity index (χ2n) is 3.41. The van der Waals surface area contributed by atoms with Gasteiger partial charge < -0.3 is 9.84 Å². The fourth-order valence-electron chi connectivity index (χ4n) is 1.26. The second-order valence-corrected chi connectivity index (χ2v) is 3.41. The van der Waals surface area contributed by atoms with E-state index in [1.54, 1.807) is 0 Å². The standard InChI is InChI=1S/C11H16N2O2/c1-8-11(9(2)15-13-8)6-4-5-7-12-10(3)14/h4,6H,5,7H2,1-3H3,(H,12,14). The Labute approximate surface area is 89.3 Å². The van der Waals surface area contributed by atoms with Crippen LogP contribution in [0.2, 0.25) is 0 Å². The summed E-state index contributed by atoms with van der Waals surface area (Å²) in [6.45, 7) is 5.96. The monoisotopic (exact) mass is 208 g/mol. The van der Waals surface area contributed by atoms with Crippen LogP contribution in [0.1, 0.15) is 30.4 Å². The summed E-state index contributed by atoms with van der Waals surface area (Å²) < 4.78 is 5.02. The number of carbonyl (C=O) groups is 1. The molecule has 1 aromatic rings. The van der Waals surface area contributed by atoms with Gasteiger partial charge in [0.1, 0.15) is 5.76 Å². The molecule has 0 spiro atoms. The zero-order valence-electron chi connectivity index (χ0n) is 9.33. The molecule has 1 aromatic heterocycles. The van der Waals surface area contributed by atoms with Gasteiger partial charge in [0.25, 0.3) is 0 Å². The van der Waals surface area contributed by atoms with E-state index in [0.717, 1.165) is 23.4 Å². The summed E-state index contributed by atoms with van der Waals surface area (Å²) in [5.74, 6) is 0.823. The summed E-state index contributed by atoms with van der Waals surface area (Å²) in [5, 5.41) is 6.57. The minimum Gasteiger partial charge on any atom is -0.361 e. The van der Waals surface area contributed by atoms with Crippen molar-refractivity contribution < 1.29 is 9.32 Å². The fourth-order valence-corrected chi connectivity index (χ4v) is 1.26. The molecule has 82 valence electrons. The highest BCUT2D eigenvalue weighted by molar-refractivity contribution is 5.72. The average molecular weight is 208 g/mol. The van der Waals surface area contributed by atoms with Crippen LogP contribution in [0.15, 0.2) is 10.6 Å². The van der Waals surface area contributed by atoms with Gasteiger partial charge in [-0.15, -0.1) is 0 Å². The van der Waals surface area contributed by atoms with Crippen molar-refractivity contribution in [2.45, 2.75) is 27.2 Å². The minimum atomic E-state index is 0.000684. The van der Waals surface area contributed by atoms with Gasteiger partial charge in [0.15, 0.2) is 0 Å². The predicted octanol–water partition coefficient (Wildman–Crippen LogP) is 1.83. The van der Waals surface area contributed by atoms with Crippen LogP contribution in [-0.2, 0) is 4.79 Å². The highest BCUT2D eigenvalue weighted by Crippen LogP contribution is 2.13. The average Bonchev–Trinajstić information content (AvgIpc) is 2.47. The van der Waals surface area contributed by atoms with Gasteiger partial charge in [-0.05, 0) is 20.3 Å². The van der Waals surface area contributed by atoms with Crippen LogP contribution < -0.4 is 5.32 Å². The Bertz CT molecular complexity index is 347. The number of hydrogen-bond acceptors (Lipinski definition) is 3. The lowest BCUT2D eigenvalue weighted by Crippen LogP contribution is -2.20. The van der Waals surface area contributed by atoms with Crippen molar-refractivity contribution in [2.75, 3.05) is 6.54 Å².